The third-order valence-electron chi connectivity index (χ3n) is 6.10. The fraction of sp³-hybridized carbons (Fsp3) is 0.550. The van der Waals surface area contributed by atoms with E-state index in [1.807, 2.05) is 24.3 Å². The van der Waals surface area contributed by atoms with Crippen molar-refractivity contribution in [1.82, 2.24) is 19.7 Å². The minimum absolute atomic E-state index is 0.229. The molecule has 1 amide bonds. The van der Waals surface area contributed by atoms with E-state index in [0.717, 1.165) is 35.4 Å². The quantitative estimate of drug-likeness (QED) is 0.843. The maximum Gasteiger partial charge on any atom is 0.254 e. The van der Waals surface area contributed by atoms with Gasteiger partial charge < -0.3 is 4.90 Å². The molecule has 5 rings (SSSR count). The maximum atomic E-state index is 13.1. The molecule has 0 spiro atoms. The first-order chi connectivity index (χ1) is 12.3. The van der Waals surface area contributed by atoms with Crippen molar-refractivity contribution in [3.8, 4) is 0 Å². The van der Waals surface area contributed by atoms with Crippen molar-refractivity contribution in [3.63, 3.8) is 0 Å². The van der Waals surface area contributed by atoms with Crippen LogP contribution in [-0.4, -0.2) is 38.2 Å². The normalized spacial score (nSPS) is 26.2. The minimum Gasteiger partial charge on any atom is -0.335 e. The first kappa shape index (κ1) is 15.1. The Hall–Kier alpha value is -2.17. The van der Waals surface area contributed by atoms with Gasteiger partial charge in [0.05, 0.1) is 6.54 Å². The van der Waals surface area contributed by atoms with Crippen LogP contribution in [0.5, 0.6) is 0 Å². The second-order valence-corrected chi connectivity index (χ2v) is 7.99. The molecular weight excluding hydrogens is 312 g/mol. The maximum absolute atomic E-state index is 13.1. The number of rotatable bonds is 5. The van der Waals surface area contributed by atoms with Gasteiger partial charge in [-0.25, -0.2) is 9.67 Å². The summed E-state index contributed by atoms with van der Waals surface area (Å²) in [6, 6.07) is 8.52. The molecule has 0 unspecified atom stereocenters. The molecule has 2 heterocycles. The molecule has 130 valence electrons. The minimum atomic E-state index is 0.229. The van der Waals surface area contributed by atoms with Gasteiger partial charge in [-0.1, -0.05) is 12.1 Å². The number of hydrogen-bond acceptors (Lipinski definition) is 3. The van der Waals surface area contributed by atoms with Crippen LogP contribution in [0, 0.1) is 17.8 Å². The van der Waals surface area contributed by atoms with E-state index >= 15 is 0 Å². The highest BCUT2D eigenvalue weighted by atomic mass is 16.2. The highest BCUT2D eigenvalue weighted by Crippen LogP contribution is 2.48. The van der Waals surface area contributed by atoms with Crippen LogP contribution < -0.4 is 0 Å². The SMILES string of the molecule is O=C(c1ccc(Cn2cncn2)cc1)N1C[C@@H](C2CC2)C[C@H]1C1CC1. The molecule has 0 radical (unpaired) electrons. The molecule has 2 aliphatic carbocycles. The average molecular weight is 336 g/mol. The molecule has 0 bridgehead atoms. The molecule has 0 N–H and O–H groups in total. The lowest BCUT2D eigenvalue weighted by Crippen LogP contribution is -2.37. The van der Waals surface area contributed by atoms with Gasteiger partial charge in [0.2, 0.25) is 0 Å². The van der Waals surface area contributed by atoms with Crippen LogP contribution in [0.15, 0.2) is 36.9 Å². The van der Waals surface area contributed by atoms with Crippen LogP contribution in [0.4, 0.5) is 0 Å². The lowest BCUT2D eigenvalue weighted by Gasteiger charge is -2.24. The summed E-state index contributed by atoms with van der Waals surface area (Å²) < 4.78 is 1.79. The van der Waals surface area contributed by atoms with Gasteiger partial charge in [0.1, 0.15) is 12.7 Å². The average Bonchev–Trinajstić information content (AvgIpc) is 3.57. The van der Waals surface area contributed by atoms with Crippen LogP contribution in [0.2, 0.25) is 0 Å². The number of carbonyl (C=O) groups is 1. The molecule has 3 fully saturated rings. The highest BCUT2D eigenvalue weighted by Gasteiger charge is 2.47. The van der Waals surface area contributed by atoms with Crippen LogP contribution in [0.25, 0.3) is 0 Å². The summed E-state index contributed by atoms with van der Waals surface area (Å²) in [5.41, 5.74) is 1.96. The molecule has 5 heteroatoms. The van der Waals surface area contributed by atoms with Crippen LogP contribution >= 0.6 is 0 Å². The summed E-state index contributed by atoms with van der Waals surface area (Å²) in [5, 5.41) is 4.13. The van der Waals surface area contributed by atoms with Gasteiger partial charge in [0.25, 0.3) is 5.91 Å². The summed E-state index contributed by atoms with van der Waals surface area (Å²) in [6.45, 7) is 1.66. The Morgan fingerprint density at radius 1 is 1.04 bits per heavy atom. The lowest BCUT2D eigenvalue weighted by atomic mass is 9.98. The number of carbonyl (C=O) groups excluding carboxylic acids is 1. The number of aromatic nitrogens is 3. The summed E-state index contributed by atoms with van der Waals surface area (Å²) in [7, 11) is 0. The summed E-state index contributed by atoms with van der Waals surface area (Å²) in [4.78, 5) is 19.3. The highest BCUT2D eigenvalue weighted by molar-refractivity contribution is 5.94. The Balaban J connectivity index is 1.30. The molecule has 2 atom stereocenters. The molecule has 1 saturated heterocycles. The van der Waals surface area contributed by atoms with Gasteiger partial charge >= 0.3 is 0 Å². The summed E-state index contributed by atoms with van der Waals surface area (Å²) in [5.74, 6) is 2.64. The standard InChI is InChI=1S/C20H24N4O/c25-20(17-3-1-14(2-4-17)10-23-13-21-12-22-23)24-11-18(15-5-6-15)9-19(24)16-7-8-16/h1-4,12-13,15-16,18-19H,5-11H2/t18-,19-/m0/s1. The summed E-state index contributed by atoms with van der Waals surface area (Å²) >= 11 is 0. The van der Waals surface area contributed by atoms with Crippen LogP contribution in [-0.2, 0) is 6.54 Å². The van der Waals surface area contributed by atoms with Crippen molar-refractivity contribution in [1.29, 1.82) is 0 Å². The fourth-order valence-electron chi connectivity index (χ4n) is 4.39. The van der Waals surface area contributed by atoms with Crippen molar-refractivity contribution in [2.75, 3.05) is 6.54 Å². The van der Waals surface area contributed by atoms with E-state index in [1.165, 1.54) is 32.1 Å². The number of nitrogens with zero attached hydrogens (tertiary/aromatic N) is 4. The predicted molar refractivity (Wildman–Crippen MR) is 93.9 cm³/mol. The Kier molecular flexibility index (Phi) is 3.61. The number of likely N-dealkylation sites (tertiary alicyclic amines) is 1. The zero-order valence-corrected chi connectivity index (χ0v) is 14.4. The zero-order valence-electron chi connectivity index (χ0n) is 14.4. The Morgan fingerprint density at radius 3 is 2.44 bits per heavy atom. The van der Waals surface area contributed by atoms with Crippen molar-refractivity contribution in [2.24, 2.45) is 17.8 Å². The van der Waals surface area contributed by atoms with Crippen molar-refractivity contribution < 1.29 is 4.79 Å². The third kappa shape index (κ3) is 3.08. The van der Waals surface area contributed by atoms with Gasteiger partial charge in [-0.15, -0.1) is 0 Å². The van der Waals surface area contributed by atoms with Crippen molar-refractivity contribution in [3.05, 3.63) is 48.0 Å². The monoisotopic (exact) mass is 336 g/mol. The second kappa shape index (κ2) is 5.97. The van der Waals surface area contributed by atoms with E-state index < -0.39 is 0 Å². The Bertz CT molecular complexity index is 747. The van der Waals surface area contributed by atoms with Gasteiger partial charge in [-0.2, -0.15) is 5.10 Å². The molecule has 25 heavy (non-hydrogen) atoms. The van der Waals surface area contributed by atoms with E-state index in [9.17, 15) is 4.79 Å². The Morgan fingerprint density at radius 2 is 1.80 bits per heavy atom. The van der Waals surface area contributed by atoms with Gasteiger partial charge in [-0.05, 0) is 67.6 Å². The number of amides is 1. The third-order valence-corrected chi connectivity index (χ3v) is 6.10. The molecule has 1 aliphatic heterocycles. The van der Waals surface area contributed by atoms with Gasteiger partial charge in [-0.3, -0.25) is 4.79 Å². The summed E-state index contributed by atoms with van der Waals surface area (Å²) in [6.07, 6.45) is 9.86. The predicted octanol–water partition coefficient (Wildman–Crippen LogP) is 2.98. The van der Waals surface area contributed by atoms with Crippen molar-refractivity contribution in [2.45, 2.75) is 44.7 Å². The molecule has 1 aromatic heterocycles. The molecule has 5 nitrogen and oxygen atoms in total. The van der Waals surface area contributed by atoms with Crippen LogP contribution in [0.1, 0.15) is 48.0 Å². The van der Waals surface area contributed by atoms with E-state index in [1.54, 1.807) is 17.3 Å². The topological polar surface area (TPSA) is 51.0 Å². The second-order valence-electron chi connectivity index (χ2n) is 7.99. The smallest absolute Gasteiger partial charge is 0.254 e. The molecule has 2 saturated carbocycles. The lowest BCUT2D eigenvalue weighted by molar-refractivity contribution is 0.0716. The van der Waals surface area contributed by atoms with Crippen LogP contribution in [0.3, 0.4) is 0 Å². The number of hydrogen-bond donors (Lipinski definition) is 0. The molecule has 3 aliphatic rings. The largest absolute Gasteiger partial charge is 0.335 e. The van der Waals surface area contributed by atoms with Crippen molar-refractivity contribution >= 4 is 5.91 Å². The fourth-order valence-corrected chi connectivity index (χ4v) is 4.39. The molecular formula is C20H24N4O. The van der Waals surface area contributed by atoms with E-state index in [0.29, 0.717) is 12.6 Å². The van der Waals surface area contributed by atoms with E-state index in [-0.39, 0.29) is 5.91 Å². The zero-order chi connectivity index (χ0) is 16.8. The van der Waals surface area contributed by atoms with E-state index in [4.69, 9.17) is 0 Å². The number of benzene rings is 1. The Labute approximate surface area is 148 Å². The first-order valence-electron chi connectivity index (χ1n) is 9.50. The molecule has 1 aromatic carbocycles. The van der Waals surface area contributed by atoms with Gasteiger partial charge in [0, 0.05) is 18.2 Å². The van der Waals surface area contributed by atoms with Gasteiger partial charge in [0.15, 0.2) is 0 Å². The van der Waals surface area contributed by atoms with E-state index in [2.05, 4.69) is 15.0 Å². The molecule has 2 aromatic rings. The first-order valence-corrected chi connectivity index (χ1v) is 9.50.